The summed E-state index contributed by atoms with van der Waals surface area (Å²) in [5.74, 6) is 0.486. The van der Waals surface area contributed by atoms with Gasteiger partial charge in [-0.1, -0.05) is 43.0 Å². The lowest BCUT2D eigenvalue weighted by atomic mass is 10.1. The first-order chi connectivity index (χ1) is 15.9. The van der Waals surface area contributed by atoms with E-state index in [0.717, 1.165) is 29.2 Å². The minimum absolute atomic E-state index is 0.376. The van der Waals surface area contributed by atoms with Crippen molar-refractivity contribution in [2.24, 2.45) is 7.05 Å². The van der Waals surface area contributed by atoms with E-state index in [0.29, 0.717) is 12.1 Å². The van der Waals surface area contributed by atoms with Crippen molar-refractivity contribution in [1.82, 2.24) is 25.3 Å². The van der Waals surface area contributed by atoms with Gasteiger partial charge >= 0.3 is 0 Å². The van der Waals surface area contributed by atoms with E-state index in [-0.39, 0.29) is 0 Å². The Hall–Kier alpha value is -3.91. The van der Waals surface area contributed by atoms with Crippen LogP contribution in [0.1, 0.15) is 22.9 Å². The Labute approximate surface area is 193 Å². The van der Waals surface area contributed by atoms with Gasteiger partial charge in [0.2, 0.25) is 12.3 Å². The van der Waals surface area contributed by atoms with Gasteiger partial charge in [-0.25, -0.2) is 0 Å². The quantitative estimate of drug-likeness (QED) is 0.565. The lowest BCUT2D eigenvalue weighted by Crippen LogP contribution is -2.36. The van der Waals surface area contributed by atoms with Crippen molar-refractivity contribution in [3.8, 4) is 17.0 Å². The molecule has 1 unspecified atom stereocenters. The van der Waals surface area contributed by atoms with Gasteiger partial charge in [-0.15, -0.1) is 0 Å². The number of nitrogens with one attached hydrogen (secondary N) is 2. The third-order valence-corrected chi connectivity index (χ3v) is 5.53. The molecule has 2 amide bonds. The lowest BCUT2D eigenvalue weighted by Gasteiger charge is -2.13. The minimum atomic E-state index is -0.629. The number of benzene rings is 2. The van der Waals surface area contributed by atoms with Gasteiger partial charge in [0.15, 0.2) is 0 Å². The molecule has 0 spiro atoms. The molecular formula is C25H29N5O3. The van der Waals surface area contributed by atoms with Crippen LogP contribution in [0.25, 0.3) is 17.0 Å². The lowest BCUT2D eigenvalue weighted by molar-refractivity contribution is -0.127. The Morgan fingerprint density at radius 1 is 1.18 bits per heavy atom. The molecule has 33 heavy (non-hydrogen) atoms. The number of ether oxygens (including phenoxy) is 1. The molecule has 8 nitrogen and oxygen atoms in total. The smallest absolute Gasteiger partial charge is 0.249 e. The number of hydrogen-bond acceptors (Lipinski definition) is 6. The Morgan fingerprint density at radius 2 is 1.91 bits per heavy atom. The maximum absolute atomic E-state index is 11.8. The molecular weight excluding hydrogens is 418 g/mol. The van der Waals surface area contributed by atoms with Crippen LogP contribution in [0.2, 0.25) is 0 Å². The fraction of sp³-hybridized carbons (Fsp3) is 0.240. The topological polar surface area (TPSA) is 88.5 Å². The van der Waals surface area contributed by atoms with Crippen molar-refractivity contribution >= 4 is 18.0 Å². The number of carbonyl (C=O) groups is 2. The number of nitrogens with zero attached hydrogens (tertiary/aromatic N) is 3. The van der Waals surface area contributed by atoms with Gasteiger partial charge in [-0.3, -0.25) is 19.6 Å². The molecule has 2 heterocycles. The largest absolute Gasteiger partial charge is 0.497 e. The average molecular weight is 448 g/mol. The molecule has 1 aliphatic heterocycles. The monoisotopic (exact) mass is 447 g/mol. The van der Waals surface area contributed by atoms with Crippen molar-refractivity contribution in [2.75, 3.05) is 21.2 Å². The van der Waals surface area contributed by atoms with Crippen LogP contribution >= 0.6 is 0 Å². The third kappa shape index (κ3) is 5.30. The van der Waals surface area contributed by atoms with Gasteiger partial charge in [-0.05, 0) is 30.8 Å². The molecule has 1 aromatic heterocycles. The zero-order valence-electron chi connectivity index (χ0n) is 19.3. The summed E-state index contributed by atoms with van der Waals surface area (Å²) in [6, 6.07) is 17.0. The summed E-state index contributed by atoms with van der Waals surface area (Å²) in [4.78, 5) is 24.4. The number of aromatic nitrogens is 2. The molecule has 0 radical (unpaired) electrons. The minimum Gasteiger partial charge on any atom is -0.497 e. The molecule has 0 fully saturated rings. The molecule has 0 saturated heterocycles. The Bertz CT molecular complexity index is 1140. The van der Waals surface area contributed by atoms with Crippen LogP contribution in [0.3, 0.4) is 0 Å². The molecule has 2 aromatic carbocycles. The highest BCUT2D eigenvalue weighted by atomic mass is 16.5. The van der Waals surface area contributed by atoms with Crippen LogP contribution < -0.4 is 15.4 Å². The molecule has 0 aliphatic carbocycles. The first-order valence-electron chi connectivity index (χ1n) is 10.5. The Morgan fingerprint density at radius 3 is 2.55 bits per heavy atom. The van der Waals surface area contributed by atoms with E-state index in [2.05, 4.69) is 40.3 Å². The second-order valence-corrected chi connectivity index (χ2v) is 7.62. The number of likely N-dealkylation sites (N-methyl/N-ethyl adjacent to an activating group) is 1. The van der Waals surface area contributed by atoms with E-state index < -0.39 is 11.9 Å². The predicted octanol–water partition coefficient (Wildman–Crippen LogP) is 2.73. The van der Waals surface area contributed by atoms with Gasteiger partial charge < -0.3 is 15.0 Å². The average Bonchev–Trinajstić information content (AvgIpc) is 3.34. The summed E-state index contributed by atoms with van der Waals surface area (Å²) < 4.78 is 6.80. The Kier molecular flexibility index (Phi) is 7.63. The number of imide groups is 1. The van der Waals surface area contributed by atoms with Gasteiger partial charge in [0.1, 0.15) is 11.8 Å². The van der Waals surface area contributed by atoms with E-state index in [9.17, 15) is 9.59 Å². The second-order valence-electron chi connectivity index (χ2n) is 7.62. The number of amides is 2. The van der Waals surface area contributed by atoms with Crippen LogP contribution in [0.4, 0.5) is 0 Å². The number of aryl methyl sites for hydroxylation is 1. The maximum Gasteiger partial charge on any atom is 0.249 e. The second kappa shape index (κ2) is 10.6. The summed E-state index contributed by atoms with van der Waals surface area (Å²) in [6.45, 7) is 4.98. The van der Waals surface area contributed by atoms with E-state index in [1.807, 2.05) is 48.5 Å². The fourth-order valence-electron chi connectivity index (χ4n) is 3.70. The SMILES string of the molecule is C=C1c2cc(OC)ccc2CN1C.CNC(C(=O)NC=O)c1cc(-c2ccccc2)nn1C. The molecule has 1 aliphatic rings. The van der Waals surface area contributed by atoms with E-state index >= 15 is 0 Å². The predicted molar refractivity (Wildman–Crippen MR) is 128 cm³/mol. The van der Waals surface area contributed by atoms with Crippen LogP contribution in [-0.2, 0) is 23.2 Å². The van der Waals surface area contributed by atoms with E-state index in [1.165, 1.54) is 11.1 Å². The first-order valence-corrected chi connectivity index (χ1v) is 10.5. The number of carbonyl (C=O) groups excluding carboxylic acids is 2. The molecule has 0 saturated carbocycles. The maximum atomic E-state index is 11.8. The van der Waals surface area contributed by atoms with Crippen molar-refractivity contribution < 1.29 is 14.3 Å². The van der Waals surface area contributed by atoms with Crippen LogP contribution in [0.15, 0.2) is 61.2 Å². The van der Waals surface area contributed by atoms with Crippen LogP contribution in [0, 0.1) is 0 Å². The van der Waals surface area contributed by atoms with Crippen molar-refractivity contribution in [1.29, 1.82) is 0 Å². The molecule has 1 atom stereocenters. The highest BCUT2D eigenvalue weighted by molar-refractivity contribution is 5.90. The van der Waals surface area contributed by atoms with Crippen molar-refractivity contribution in [3.05, 3.63) is 78.0 Å². The highest BCUT2D eigenvalue weighted by Gasteiger charge is 2.23. The van der Waals surface area contributed by atoms with Gasteiger partial charge in [0.25, 0.3) is 0 Å². The highest BCUT2D eigenvalue weighted by Crippen LogP contribution is 2.32. The fourth-order valence-corrected chi connectivity index (χ4v) is 3.70. The zero-order chi connectivity index (χ0) is 24.0. The first kappa shape index (κ1) is 23.7. The Balaban J connectivity index is 0.000000203. The molecule has 8 heteroatoms. The molecule has 0 bridgehead atoms. The van der Waals surface area contributed by atoms with Crippen molar-refractivity contribution in [2.45, 2.75) is 12.6 Å². The number of methoxy groups -OCH3 is 1. The molecule has 172 valence electrons. The summed E-state index contributed by atoms with van der Waals surface area (Å²) in [6.07, 6.45) is 0.376. The molecule has 3 aromatic rings. The standard InChI is InChI=1S/C14H16N4O2.C11H13NO/c1-15-13(14(20)16-9-19)12-8-11(17-18(12)2)10-6-4-3-5-7-10;1-8-11-6-10(13-3)5-4-9(11)7-12(8)2/h3-9,13,15H,1-2H3,(H,16,19,20);4-6H,1,7H2,2-3H3. The van der Waals surface area contributed by atoms with Crippen molar-refractivity contribution in [3.63, 3.8) is 0 Å². The van der Waals surface area contributed by atoms with Crippen LogP contribution in [0.5, 0.6) is 5.75 Å². The summed E-state index contributed by atoms with van der Waals surface area (Å²) in [7, 11) is 7.16. The molecule has 4 rings (SSSR count). The number of fused-ring (bicyclic) bond motifs is 1. The van der Waals surface area contributed by atoms with Gasteiger partial charge in [0.05, 0.1) is 18.5 Å². The summed E-state index contributed by atoms with van der Waals surface area (Å²) in [5, 5.41) is 9.43. The number of rotatable bonds is 6. The van der Waals surface area contributed by atoms with E-state index in [4.69, 9.17) is 4.74 Å². The third-order valence-electron chi connectivity index (χ3n) is 5.53. The normalized spacial score (nSPS) is 13.0. The van der Waals surface area contributed by atoms with Crippen LogP contribution in [-0.4, -0.2) is 48.2 Å². The van der Waals surface area contributed by atoms with Gasteiger partial charge in [-0.2, -0.15) is 5.10 Å². The molecule has 2 N–H and O–H groups in total. The van der Waals surface area contributed by atoms with E-state index in [1.54, 1.807) is 25.9 Å². The zero-order valence-corrected chi connectivity index (χ0v) is 19.3. The van der Waals surface area contributed by atoms with Gasteiger partial charge in [0, 0.05) is 37.5 Å². The summed E-state index contributed by atoms with van der Waals surface area (Å²) in [5.41, 5.74) is 6.05. The summed E-state index contributed by atoms with van der Waals surface area (Å²) >= 11 is 0. The number of hydrogen-bond donors (Lipinski definition) is 2.